The lowest BCUT2D eigenvalue weighted by atomic mass is 10.1. The first kappa shape index (κ1) is 11.9. The van der Waals surface area contributed by atoms with Crippen LogP contribution in [0.15, 0.2) is 23.0 Å². The van der Waals surface area contributed by atoms with E-state index < -0.39 is 0 Å². The van der Waals surface area contributed by atoms with Crippen molar-refractivity contribution in [2.24, 2.45) is 5.73 Å². The molecular formula is C12H16N6O. The van der Waals surface area contributed by atoms with Gasteiger partial charge in [-0.15, -0.1) is 5.10 Å². The van der Waals surface area contributed by atoms with E-state index in [2.05, 4.69) is 25.1 Å². The molecule has 3 rings (SSSR count). The molecule has 1 saturated heterocycles. The standard InChI is InChI=1S/C12H16N6O/c13-8-4-6-18(7-5-8)12-15-11(16-17-12)9-2-1-3-10(19)14-9/h1-3,8H,4-7,13H2,(H,14,19)(H,15,16,17). The van der Waals surface area contributed by atoms with E-state index in [0.29, 0.717) is 17.5 Å². The largest absolute Gasteiger partial charge is 0.339 e. The lowest BCUT2D eigenvalue weighted by Crippen LogP contribution is -2.40. The van der Waals surface area contributed by atoms with Crippen molar-refractivity contribution < 1.29 is 0 Å². The number of nitrogens with two attached hydrogens (primary N) is 1. The highest BCUT2D eigenvalue weighted by Gasteiger charge is 2.19. The average Bonchev–Trinajstić information content (AvgIpc) is 2.89. The van der Waals surface area contributed by atoms with Crippen molar-refractivity contribution in [3.63, 3.8) is 0 Å². The van der Waals surface area contributed by atoms with E-state index in [1.807, 2.05) is 0 Å². The molecule has 0 unspecified atom stereocenters. The molecule has 7 nitrogen and oxygen atoms in total. The molecule has 0 atom stereocenters. The van der Waals surface area contributed by atoms with Crippen LogP contribution in [0, 0.1) is 0 Å². The number of pyridine rings is 1. The quantitative estimate of drug-likeness (QED) is 0.710. The van der Waals surface area contributed by atoms with Gasteiger partial charge in [-0.3, -0.25) is 9.89 Å². The topological polar surface area (TPSA) is 104 Å². The van der Waals surface area contributed by atoms with Crippen molar-refractivity contribution in [1.29, 1.82) is 0 Å². The van der Waals surface area contributed by atoms with Crippen molar-refractivity contribution in [2.45, 2.75) is 18.9 Å². The number of H-pyrrole nitrogens is 2. The Bertz CT molecular complexity index is 610. The molecule has 0 amide bonds. The molecule has 4 N–H and O–H groups in total. The zero-order valence-electron chi connectivity index (χ0n) is 10.5. The Morgan fingerprint density at radius 1 is 1.32 bits per heavy atom. The number of aromatic amines is 2. The van der Waals surface area contributed by atoms with Crippen molar-refractivity contribution in [1.82, 2.24) is 20.2 Å². The monoisotopic (exact) mass is 260 g/mol. The van der Waals surface area contributed by atoms with Gasteiger partial charge in [0.1, 0.15) is 0 Å². The van der Waals surface area contributed by atoms with Gasteiger partial charge in [0.15, 0.2) is 5.82 Å². The van der Waals surface area contributed by atoms with Crippen LogP contribution in [0.25, 0.3) is 11.5 Å². The molecule has 1 fully saturated rings. The van der Waals surface area contributed by atoms with Gasteiger partial charge in [0, 0.05) is 25.2 Å². The summed E-state index contributed by atoms with van der Waals surface area (Å²) >= 11 is 0. The molecule has 1 aliphatic rings. The van der Waals surface area contributed by atoms with Gasteiger partial charge < -0.3 is 15.6 Å². The fraction of sp³-hybridized carbons (Fsp3) is 0.417. The Hall–Kier alpha value is -2.15. The highest BCUT2D eigenvalue weighted by atomic mass is 16.1. The van der Waals surface area contributed by atoms with Crippen molar-refractivity contribution in [3.8, 4) is 11.5 Å². The normalized spacial score (nSPS) is 16.8. The first-order valence-electron chi connectivity index (χ1n) is 6.35. The second-order valence-electron chi connectivity index (χ2n) is 4.74. The zero-order valence-corrected chi connectivity index (χ0v) is 10.5. The molecule has 19 heavy (non-hydrogen) atoms. The van der Waals surface area contributed by atoms with Gasteiger partial charge in [-0.05, 0) is 18.9 Å². The maximum atomic E-state index is 11.3. The van der Waals surface area contributed by atoms with Crippen molar-refractivity contribution >= 4 is 5.95 Å². The van der Waals surface area contributed by atoms with Crippen LogP contribution in [-0.2, 0) is 0 Å². The molecule has 2 aromatic heterocycles. The molecule has 0 aliphatic carbocycles. The second-order valence-corrected chi connectivity index (χ2v) is 4.74. The van der Waals surface area contributed by atoms with Crippen LogP contribution in [-0.4, -0.2) is 39.3 Å². The van der Waals surface area contributed by atoms with Gasteiger partial charge >= 0.3 is 0 Å². The van der Waals surface area contributed by atoms with E-state index in [4.69, 9.17) is 5.73 Å². The first-order chi connectivity index (χ1) is 9.22. The van der Waals surface area contributed by atoms with Crippen LogP contribution in [0.3, 0.4) is 0 Å². The molecule has 0 spiro atoms. The minimum absolute atomic E-state index is 0.153. The maximum absolute atomic E-state index is 11.3. The molecule has 0 aromatic carbocycles. The minimum atomic E-state index is -0.153. The first-order valence-corrected chi connectivity index (χ1v) is 6.35. The van der Waals surface area contributed by atoms with Gasteiger partial charge in [0.05, 0.1) is 5.69 Å². The smallest absolute Gasteiger partial charge is 0.248 e. The minimum Gasteiger partial charge on any atom is -0.339 e. The Balaban J connectivity index is 1.81. The predicted octanol–water partition coefficient (Wildman–Crippen LogP) is 0.0875. The van der Waals surface area contributed by atoms with Gasteiger partial charge in [-0.2, -0.15) is 4.98 Å². The summed E-state index contributed by atoms with van der Waals surface area (Å²) in [6, 6.07) is 5.22. The lowest BCUT2D eigenvalue weighted by molar-refractivity contribution is 0.496. The molecule has 2 aromatic rings. The van der Waals surface area contributed by atoms with E-state index in [1.54, 1.807) is 12.1 Å². The molecule has 0 bridgehead atoms. The van der Waals surface area contributed by atoms with Crippen molar-refractivity contribution in [2.75, 3.05) is 18.0 Å². The summed E-state index contributed by atoms with van der Waals surface area (Å²) in [5.74, 6) is 1.23. The summed E-state index contributed by atoms with van der Waals surface area (Å²) in [5.41, 5.74) is 6.36. The lowest BCUT2D eigenvalue weighted by Gasteiger charge is -2.28. The zero-order chi connectivity index (χ0) is 13.2. The van der Waals surface area contributed by atoms with Crippen molar-refractivity contribution in [3.05, 3.63) is 28.6 Å². The molecule has 7 heteroatoms. The van der Waals surface area contributed by atoms with E-state index >= 15 is 0 Å². The fourth-order valence-corrected chi connectivity index (χ4v) is 2.20. The number of rotatable bonds is 2. The van der Waals surface area contributed by atoms with Gasteiger partial charge in [-0.1, -0.05) is 6.07 Å². The summed E-state index contributed by atoms with van der Waals surface area (Å²) in [6.07, 6.45) is 1.90. The number of hydrogen-bond acceptors (Lipinski definition) is 5. The van der Waals surface area contributed by atoms with Gasteiger partial charge in [-0.25, -0.2) is 0 Å². The molecular weight excluding hydrogens is 244 g/mol. The number of nitrogens with one attached hydrogen (secondary N) is 2. The Labute approximate surface area is 109 Å². The third-order valence-corrected chi connectivity index (χ3v) is 3.32. The number of piperidine rings is 1. The number of nitrogens with zero attached hydrogens (tertiary/aromatic N) is 3. The van der Waals surface area contributed by atoms with Crippen LogP contribution in [0.1, 0.15) is 12.8 Å². The van der Waals surface area contributed by atoms with E-state index in [1.165, 1.54) is 6.07 Å². The molecule has 100 valence electrons. The van der Waals surface area contributed by atoms with Gasteiger partial charge in [0.25, 0.3) is 0 Å². The Morgan fingerprint density at radius 3 is 2.84 bits per heavy atom. The summed E-state index contributed by atoms with van der Waals surface area (Å²) in [6.45, 7) is 1.73. The second kappa shape index (κ2) is 4.85. The summed E-state index contributed by atoms with van der Waals surface area (Å²) in [5, 5.41) is 7.05. The van der Waals surface area contributed by atoms with Gasteiger partial charge in [0.2, 0.25) is 11.5 Å². The Kier molecular flexibility index (Phi) is 3.04. The molecule has 0 saturated carbocycles. The number of aromatic nitrogens is 4. The van der Waals surface area contributed by atoms with Crippen LogP contribution in [0.4, 0.5) is 5.95 Å². The molecule has 1 aliphatic heterocycles. The van der Waals surface area contributed by atoms with E-state index in [9.17, 15) is 4.79 Å². The predicted molar refractivity (Wildman–Crippen MR) is 71.9 cm³/mol. The average molecular weight is 260 g/mol. The maximum Gasteiger partial charge on any atom is 0.248 e. The van der Waals surface area contributed by atoms with Crippen LogP contribution >= 0.6 is 0 Å². The van der Waals surface area contributed by atoms with E-state index in [-0.39, 0.29) is 11.6 Å². The summed E-state index contributed by atoms with van der Waals surface area (Å²) < 4.78 is 0. The van der Waals surface area contributed by atoms with Crippen LogP contribution in [0.2, 0.25) is 0 Å². The summed E-state index contributed by atoms with van der Waals surface area (Å²) in [4.78, 5) is 20.5. The highest BCUT2D eigenvalue weighted by Crippen LogP contribution is 2.18. The highest BCUT2D eigenvalue weighted by molar-refractivity contribution is 5.50. The third kappa shape index (κ3) is 2.50. The van der Waals surface area contributed by atoms with Crippen LogP contribution in [0.5, 0.6) is 0 Å². The number of anilines is 1. The number of hydrogen-bond donors (Lipinski definition) is 3. The van der Waals surface area contributed by atoms with E-state index in [0.717, 1.165) is 25.9 Å². The fourth-order valence-electron chi connectivity index (χ4n) is 2.20. The Morgan fingerprint density at radius 2 is 2.11 bits per heavy atom. The third-order valence-electron chi connectivity index (χ3n) is 3.32. The molecule has 3 heterocycles. The summed E-state index contributed by atoms with van der Waals surface area (Å²) in [7, 11) is 0. The SMILES string of the molecule is NC1CCN(c2n[nH]c(-c3cccc(=O)[nH]3)n2)CC1. The molecule has 0 radical (unpaired) electrons. The van der Waals surface area contributed by atoms with Crippen LogP contribution < -0.4 is 16.2 Å².